The van der Waals surface area contributed by atoms with E-state index in [1.165, 1.54) is 12.0 Å². The average Bonchev–Trinajstić information content (AvgIpc) is 2.02. The third-order valence-corrected chi connectivity index (χ3v) is 3.74. The Labute approximate surface area is 86.6 Å². The smallest absolute Gasteiger partial charge is 0.0757 e. The Hall–Kier alpha value is -0.340. The molecule has 3 rings (SSSR count). The molecule has 1 fully saturated rings. The van der Waals surface area contributed by atoms with Crippen LogP contribution in [0, 0.1) is 17.3 Å². The maximum absolute atomic E-state index is 9.65. The van der Waals surface area contributed by atoms with Crippen LogP contribution < -0.4 is 0 Å². The van der Waals surface area contributed by atoms with Crippen LogP contribution in [0.4, 0.5) is 0 Å². The van der Waals surface area contributed by atoms with E-state index in [0.29, 0.717) is 11.3 Å². The van der Waals surface area contributed by atoms with Crippen molar-refractivity contribution in [1.29, 1.82) is 0 Å². The lowest BCUT2D eigenvalue weighted by Crippen LogP contribution is -2.53. The summed E-state index contributed by atoms with van der Waals surface area (Å²) in [4.78, 5) is 0. The highest BCUT2D eigenvalue weighted by Gasteiger charge is 2.53. The Morgan fingerprint density at radius 1 is 1.50 bits per heavy atom. The second kappa shape index (κ2) is 4.03. The van der Waals surface area contributed by atoms with Gasteiger partial charge in [-0.3, -0.25) is 0 Å². The number of aliphatic hydroxyl groups is 2. The molecule has 0 heterocycles. The highest BCUT2D eigenvalue weighted by atomic mass is 16.3. The molecule has 0 radical (unpaired) electrons. The lowest BCUT2D eigenvalue weighted by atomic mass is 9.48. The molecule has 2 heteroatoms. The number of aliphatic hydroxyl groups excluding tert-OH is 2. The van der Waals surface area contributed by atoms with E-state index in [0.717, 1.165) is 5.92 Å². The first-order valence-electron chi connectivity index (χ1n) is 5.42. The van der Waals surface area contributed by atoms with Gasteiger partial charge in [0.15, 0.2) is 0 Å². The van der Waals surface area contributed by atoms with Gasteiger partial charge in [-0.25, -0.2) is 0 Å². The Bertz CT molecular complexity index is 230. The van der Waals surface area contributed by atoms with Crippen molar-refractivity contribution in [2.45, 2.75) is 40.2 Å². The van der Waals surface area contributed by atoms with E-state index in [2.05, 4.69) is 20.8 Å². The quantitative estimate of drug-likeness (QED) is 0.584. The van der Waals surface area contributed by atoms with Gasteiger partial charge in [0.25, 0.3) is 0 Å². The molecule has 0 amide bonds. The van der Waals surface area contributed by atoms with Crippen LogP contribution in [0.15, 0.2) is 11.6 Å². The topological polar surface area (TPSA) is 40.5 Å². The summed E-state index contributed by atoms with van der Waals surface area (Å²) in [7, 11) is 0. The Balaban J connectivity index is 0.000000293. The van der Waals surface area contributed by atoms with Gasteiger partial charge in [0.2, 0.25) is 0 Å². The van der Waals surface area contributed by atoms with Gasteiger partial charge in [-0.15, -0.1) is 0 Å². The summed E-state index contributed by atoms with van der Waals surface area (Å²) in [5, 5.41) is 17.2. The van der Waals surface area contributed by atoms with Crippen LogP contribution >= 0.6 is 0 Å². The molecule has 2 N–H and O–H groups in total. The third kappa shape index (κ3) is 1.73. The number of fused-ring (bicyclic) bond motifs is 1. The van der Waals surface area contributed by atoms with Gasteiger partial charge >= 0.3 is 0 Å². The molecule has 3 aliphatic carbocycles. The molecule has 0 aromatic rings. The van der Waals surface area contributed by atoms with Crippen molar-refractivity contribution in [3.63, 3.8) is 0 Å². The predicted molar refractivity (Wildman–Crippen MR) is 57.9 cm³/mol. The molecule has 2 bridgehead atoms. The van der Waals surface area contributed by atoms with E-state index >= 15 is 0 Å². The highest BCUT2D eigenvalue weighted by Crippen LogP contribution is 2.58. The van der Waals surface area contributed by atoms with Crippen LogP contribution in [0.1, 0.15) is 34.1 Å². The maximum Gasteiger partial charge on any atom is 0.0757 e. The van der Waals surface area contributed by atoms with Crippen LogP contribution in [0.25, 0.3) is 0 Å². The van der Waals surface area contributed by atoms with Gasteiger partial charge < -0.3 is 10.2 Å². The fourth-order valence-electron chi connectivity index (χ4n) is 2.81. The monoisotopic (exact) mass is 198 g/mol. The van der Waals surface area contributed by atoms with Gasteiger partial charge in [0.1, 0.15) is 0 Å². The molecule has 0 unspecified atom stereocenters. The van der Waals surface area contributed by atoms with Crippen LogP contribution in [0.5, 0.6) is 0 Å². The zero-order valence-corrected chi connectivity index (χ0v) is 9.62. The normalized spacial score (nSPS) is 37.6. The first-order chi connectivity index (χ1) is 6.45. The lowest BCUT2D eigenvalue weighted by molar-refractivity contribution is -0.0760. The molecule has 3 aliphatic rings. The van der Waals surface area contributed by atoms with Crippen molar-refractivity contribution in [1.82, 2.24) is 0 Å². The molecule has 2 nitrogen and oxygen atoms in total. The molecule has 0 aliphatic heterocycles. The second-order valence-corrected chi connectivity index (χ2v) is 4.93. The summed E-state index contributed by atoms with van der Waals surface area (Å²) >= 11 is 0. The molecular formula is C12H22O2. The fraction of sp³-hybridized carbons (Fsp3) is 0.833. The van der Waals surface area contributed by atoms with Crippen molar-refractivity contribution >= 4 is 0 Å². The number of hydrogen-bond donors (Lipinski definition) is 2. The summed E-state index contributed by atoms with van der Waals surface area (Å²) in [6, 6.07) is 0. The summed E-state index contributed by atoms with van der Waals surface area (Å²) in [5.74, 6) is 1.27. The SMILES string of the molecule is CC1=C[C@H](O)[C@@H]2C[C@H]1C2(C)C.CCO. The fourth-order valence-corrected chi connectivity index (χ4v) is 2.81. The minimum absolute atomic E-state index is 0.171. The van der Waals surface area contributed by atoms with E-state index < -0.39 is 0 Å². The van der Waals surface area contributed by atoms with Gasteiger partial charge in [0, 0.05) is 6.61 Å². The zero-order chi connectivity index (χ0) is 10.9. The summed E-state index contributed by atoms with van der Waals surface area (Å²) in [6.07, 6.45) is 3.07. The number of hydrogen-bond acceptors (Lipinski definition) is 2. The maximum atomic E-state index is 9.65. The Morgan fingerprint density at radius 2 is 2.00 bits per heavy atom. The zero-order valence-electron chi connectivity index (χ0n) is 9.62. The largest absolute Gasteiger partial charge is 0.397 e. The molecule has 0 spiro atoms. The minimum Gasteiger partial charge on any atom is -0.397 e. The van der Waals surface area contributed by atoms with Gasteiger partial charge in [-0.2, -0.15) is 0 Å². The summed E-state index contributed by atoms with van der Waals surface area (Å²) in [5.41, 5.74) is 1.75. The van der Waals surface area contributed by atoms with E-state index in [1.54, 1.807) is 6.92 Å². The lowest BCUT2D eigenvalue weighted by Gasteiger charge is -2.57. The third-order valence-electron chi connectivity index (χ3n) is 3.74. The van der Waals surface area contributed by atoms with Crippen molar-refractivity contribution in [2.75, 3.05) is 6.61 Å². The van der Waals surface area contributed by atoms with Crippen molar-refractivity contribution < 1.29 is 10.2 Å². The molecule has 0 aromatic heterocycles. The number of allylic oxidation sites excluding steroid dienone is 1. The van der Waals surface area contributed by atoms with Crippen molar-refractivity contribution in [3.8, 4) is 0 Å². The summed E-state index contributed by atoms with van der Waals surface area (Å²) < 4.78 is 0. The van der Waals surface area contributed by atoms with Gasteiger partial charge in [-0.05, 0) is 37.5 Å². The Morgan fingerprint density at radius 3 is 2.29 bits per heavy atom. The molecule has 0 saturated heterocycles. The van der Waals surface area contributed by atoms with Gasteiger partial charge in [0.05, 0.1) is 6.10 Å². The van der Waals surface area contributed by atoms with E-state index in [9.17, 15) is 5.11 Å². The Kier molecular flexibility index (Phi) is 3.38. The van der Waals surface area contributed by atoms with Gasteiger partial charge in [-0.1, -0.05) is 25.5 Å². The molecule has 0 aromatic carbocycles. The second-order valence-electron chi connectivity index (χ2n) is 4.93. The molecule has 1 saturated carbocycles. The van der Waals surface area contributed by atoms with E-state index in [4.69, 9.17) is 5.11 Å². The predicted octanol–water partition coefficient (Wildman–Crippen LogP) is 1.97. The van der Waals surface area contributed by atoms with Crippen molar-refractivity contribution in [2.24, 2.45) is 17.3 Å². The van der Waals surface area contributed by atoms with E-state index in [-0.39, 0.29) is 12.7 Å². The van der Waals surface area contributed by atoms with Crippen LogP contribution in [-0.2, 0) is 0 Å². The highest BCUT2D eigenvalue weighted by molar-refractivity contribution is 5.24. The van der Waals surface area contributed by atoms with Crippen LogP contribution in [0.2, 0.25) is 0 Å². The molecule has 3 atom stereocenters. The van der Waals surface area contributed by atoms with Crippen molar-refractivity contribution in [3.05, 3.63) is 11.6 Å². The van der Waals surface area contributed by atoms with Crippen LogP contribution in [-0.4, -0.2) is 22.9 Å². The standard InChI is InChI=1S/C10H16O.C2H6O/c1-6-4-9(11)8-5-7(6)10(8,2)3;1-2-3/h4,7-9,11H,5H2,1-3H3;3H,2H2,1H3/t7-,8+,9+;/m1./s1. The van der Waals surface area contributed by atoms with Crippen LogP contribution in [0.3, 0.4) is 0 Å². The molecular weight excluding hydrogens is 176 g/mol. The summed E-state index contributed by atoms with van der Waals surface area (Å²) in [6.45, 7) is 8.61. The first kappa shape index (κ1) is 11.7. The first-order valence-corrected chi connectivity index (χ1v) is 5.42. The minimum atomic E-state index is -0.171. The van der Waals surface area contributed by atoms with E-state index in [1.807, 2.05) is 6.08 Å². The molecule has 82 valence electrons. The average molecular weight is 198 g/mol. The number of rotatable bonds is 0. The molecule has 14 heavy (non-hydrogen) atoms.